The standard InChI is InChI=1S/C12H25N3O2/c1-12(2,3)15-11(17)7-9-14-8-5-6-10(16)13-4/h14H,5-9H2,1-4H3,(H,13,16)(H,15,17). The van der Waals surface area contributed by atoms with Crippen molar-refractivity contribution in [3.8, 4) is 0 Å². The van der Waals surface area contributed by atoms with E-state index in [4.69, 9.17) is 0 Å². The number of amides is 2. The molecule has 5 nitrogen and oxygen atoms in total. The van der Waals surface area contributed by atoms with Crippen LogP contribution < -0.4 is 16.0 Å². The Bertz CT molecular complexity index is 247. The van der Waals surface area contributed by atoms with Crippen LogP contribution in [0.4, 0.5) is 0 Å². The number of hydrogen-bond donors (Lipinski definition) is 3. The first-order chi connectivity index (χ1) is 7.85. The minimum absolute atomic E-state index is 0.0521. The Morgan fingerprint density at radius 1 is 1.00 bits per heavy atom. The second-order valence-corrected chi connectivity index (χ2v) is 5.07. The van der Waals surface area contributed by atoms with Crippen molar-refractivity contribution in [1.82, 2.24) is 16.0 Å². The van der Waals surface area contributed by atoms with Gasteiger partial charge < -0.3 is 16.0 Å². The zero-order valence-electron chi connectivity index (χ0n) is 11.4. The summed E-state index contributed by atoms with van der Waals surface area (Å²) in [6.45, 7) is 7.29. The molecule has 0 saturated heterocycles. The van der Waals surface area contributed by atoms with Gasteiger partial charge in [-0.1, -0.05) is 0 Å². The van der Waals surface area contributed by atoms with E-state index < -0.39 is 0 Å². The lowest BCUT2D eigenvalue weighted by Gasteiger charge is -2.20. The summed E-state index contributed by atoms with van der Waals surface area (Å²) in [6.07, 6.45) is 1.79. The van der Waals surface area contributed by atoms with Crippen molar-refractivity contribution in [3.05, 3.63) is 0 Å². The molecule has 2 amide bonds. The summed E-state index contributed by atoms with van der Waals surface area (Å²) in [5, 5.41) is 8.60. The Morgan fingerprint density at radius 2 is 1.65 bits per heavy atom. The number of nitrogens with one attached hydrogen (secondary N) is 3. The molecule has 0 atom stereocenters. The Hall–Kier alpha value is -1.10. The highest BCUT2D eigenvalue weighted by molar-refractivity contribution is 5.76. The summed E-state index contributed by atoms with van der Waals surface area (Å²) in [6, 6.07) is 0. The quantitative estimate of drug-likeness (QED) is 0.567. The zero-order valence-corrected chi connectivity index (χ0v) is 11.4. The molecule has 5 heteroatoms. The predicted octanol–water partition coefficient (Wildman–Crippen LogP) is 0.407. The molecule has 17 heavy (non-hydrogen) atoms. The maximum Gasteiger partial charge on any atom is 0.221 e. The molecule has 0 fully saturated rings. The van der Waals surface area contributed by atoms with Crippen LogP contribution in [0.25, 0.3) is 0 Å². The maximum atomic E-state index is 11.4. The average Bonchev–Trinajstić information content (AvgIpc) is 2.20. The third-order valence-corrected chi connectivity index (χ3v) is 2.08. The van der Waals surface area contributed by atoms with E-state index >= 15 is 0 Å². The molecular formula is C12H25N3O2. The number of carbonyl (C=O) groups is 2. The van der Waals surface area contributed by atoms with Crippen LogP contribution in [0.15, 0.2) is 0 Å². The van der Waals surface area contributed by atoms with Crippen LogP contribution in [0.2, 0.25) is 0 Å². The Labute approximate surface area is 104 Å². The number of hydrogen-bond acceptors (Lipinski definition) is 3. The van der Waals surface area contributed by atoms with E-state index in [1.54, 1.807) is 7.05 Å². The third kappa shape index (κ3) is 11.2. The molecule has 0 aromatic rings. The molecule has 0 unspecified atom stereocenters. The second-order valence-electron chi connectivity index (χ2n) is 5.07. The molecule has 0 aliphatic heterocycles. The van der Waals surface area contributed by atoms with Gasteiger partial charge in [0, 0.05) is 32.0 Å². The first-order valence-electron chi connectivity index (χ1n) is 6.07. The fourth-order valence-electron chi connectivity index (χ4n) is 1.31. The molecule has 0 saturated carbocycles. The van der Waals surface area contributed by atoms with E-state index in [0.717, 1.165) is 13.0 Å². The third-order valence-electron chi connectivity index (χ3n) is 2.08. The zero-order chi connectivity index (χ0) is 13.3. The summed E-state index contributed by atoms with van der Waals surface area (Å²) in [7, 11) is 1.63. The van der Waals surface area contributed by atoms with E-state index in [9.17, 15) is 9.59 Å². The van der Waals surface area contributed by atoms with Gasteiger partial charge in [-0.2, -0.15) is 0 Å². The van der Waals surface area contributed by atoms with Gasteiger partial charge in [0.15, 0.2) is 0 Å². The van der Waals surface area contributed by atoms with Crippen molar-refractivity contribution in [3.63, 3.8) is 0 Å². The number of rotatable bonds is 7. The summed E-state index contributed by atoms with van der Waals surface area (Å²) >= 11 is 0. The summed E-state index contributed by atoms with van der Waals surface area (Å²) in [5.41, 5.74) is -0.170. The molecule has 0 bridgehead atoms. The van der Waals surface area contributed by atoms with Crippen LogP contribution in [-0.2, 0) is 9.59 Å². The van der Waals surface area contributed by atoms with Crippen LogP contribution in [0, 0.1) is 0 Å². The van der Waals surface area contributed by atoms with Crippen LogP contribution in [0.1, 0.15) is 40.0 Å². The van der Waals surface area contributed by atoms with Crippen molar-refractivity contribution < 1.29 is 9.59 Å². The van der Waals surface area contributed by atoms with Crippen molar-refractivity contribution in [2.24, 2.45) is 0 Å². The van der Waals surface area contributed by atoms with Crippen LogP contribution in [-0.4, -0.2) is 37.5 Å². The molecule has 100 valence electrons. The Balaban J connectivity index is 3.40. The fraction of sp³-hybridized carbons (Fsp3) is 0.833. The average molecular weight is 243 g/mol. The van der Waals surface area contributed by atoms with E-state index in [2.05, 4.69) is 16.0 Å². The Kier molecular flexibility index (Phi) is 7.54. The van der Waals surface area contributed by atoms with Crippen LogP contribution in [0.5, 0.6) is 0 Å². The van der Waals surface area contributed by atoms with Crippen molar-refractivity contribution >= 4 is 11.8 Å². The first kappa shape index (κ1) is 15.9. The lowest BCUT2D eigenvalue weighted by atomic mass is 10.1. The predicted molar refractivity (Wildman–Crippen MR) is 68.7 cm³/mol. The largest absolute Gasteiger partial charge is 0.359 e. The van der Waals surface area contributed by atoms with E-state index in [1.165, 1.54) is 0 Å². The molecule has 0 aromatic heterocycles. The fourth-order valence-corrected chi connectivity index (χ4v) is 1.31. The molecule has 0 radical (unpaired) electrons. The normalized spacial score (nSPS) is 11.1. The highest BCUT2D eigenvalue weighted by Gasteiger charge is 2.12. The molecule has 0 heterocycles. The minimum atomic E-state index is -0.170. The van der Waals surface area contributed by atoms with Gasteiger partial charge in [0.2, 0.25) is 11.8 Å². The maximum absolute atomic E-state index is 11.4. The molecular weight excluding hydrogens is 218 g/mol. The van der Waals surface area contributed by atoms with Crippen molar-refractivity contribution in [2.45, 2.75) is 45.6 Å². The van der Waals surface area contributed by atoms with Crippen molar-refractivity contribution in [1.29, 1.82) is 0 Å². The first-order valence-corrected chi connectivity index (χ1v) is 6.07. The number of carbonyl (C=O) groups excluding carboxylic acids is 2. The van der Waals surface area contributed by atoms with Gasteiger partial charge in [-0.25, -0.2) is 0 Å². The molecule has 0 aliphatic rings. The minimum Gasteiger partial charge on any atom is -0.359 e. The van der Waals surface area contributed by atoms with E-state index in [0.29, 0.717) is 19.4 Å². The van der Waals surface area contributed by atoms with Crippen LogP contribution >= 0.6 is 0 Å². The Morgan fingerprint density at radius 3 is 2.18 bits per heavy atom. The van der Waals surface area contributed by atoms with Gasteiger partial charge in [-0.3, -0.25) is 9.59 Å². The van der Waals surface area contributed by atoms with Gasteiger partial charge in [-0.05, 0) is 33.7 Å². The summed E-state index contributed by atoms with van der Waals surface area (Å²) in [5.74, 6) is 0.105. The van der Waals surface area contributed by atoms with E-state index in [1.807, 2.05) is 20.8 Å². The van der Waals surface area contributed by atoms with Gasteiger partial charge in [0.1, 0.15) is 0 Å². The second kappa shape index (κ2) is 8.06. The summed E-state index contributed by atoms with van der Waals surface area (Å²) < 4.78 is 0. The van der Waals surface area contributed by atoms with Gasteiger partial charge in [0.05, 0.1) is 0 Å². The topological polar surface area (TPSA) is 70.2 Å². The van der Waals surface area contributed by atoms with Gasteiger partial charge in [-0.15, -0.1) is 0 Å². The molecule has 3 N–H and O–H groups in total. The lowest BCUT2D eigenvalue weighted by Crippen LogP contribution is -2.41. The molecule has 0 aliphatic carbocycles. The van der Waals surface area contributed by atoms with Gasteiger partial charge >= 0.3 is 0 Å². The molecule has 0 aromatic carbocycles. The SMILES string of the molecule is CNC(=O)CCCNCCC(=O)NC(C)(C)C. The lowest BCUT2D eigenvalue weighted by molar-refractivity contribution is -0.122. The highest BCUT2D eigenvalue weighted by atomic mass is 16.2. The van der Waals surface area contributed by atoms with E-state index in [-0.39, 0.29) is 17.4 Å². The van der Waals surface area contributed by atoms with Crippen molar-refractivity contribution in [2.75, 3.05) is 20.1 Å². The highest BCUT2D eigenvalue weighted by Crippen LogP contribution is 1.98. The van der Waals surface area contributed by atoms with Gasteiger partial charge in [0.25, 0.3) is 0 Å². The summed E-state index contributed by atoms with van der Waals surface area (Å²) in [4.78, 5) is 22.3. The molecule has 0 spiro atoms. The monoisotopic (exact) mass is 243 g/mol. The smallest absolute Gasteiger partial charge is 0.221 e. The molecule has 0 rings (SSSR count). The van der Waals surface area contributed by atoms with Crippen LogP contribution in [0.3, 0.4) is 0 Å².